The molecule has 0 spiro atoms. The molecule has 0 radical (unpaired) electrons. The van der Waals surface area contributed by atoms with Gasteiger partial charge in [0.15, 0.2) is 6.61 Å². The summed E-state index contributed by atoms with van der Waals surface area (Å²) in [5, 5.41) is 11.4. The standard InChI is InChI=1S/C18H19NO4/c20-17(19-10-4-3-7-16(19)18(21)22)12-23-15-9-8-13-5-1-2-6-14(13)11-15/h1-2,5-6,8-9,11,16H,3-4,7,10,12H2,(H,21,22). The predicted molar refractivity (Wildman–Crippen MR) is 86.4 cm³/mol. The molecule has 3 rings (SSSR count). The lowest BCUT2D eigenvalue weighted by molar-refractivity contribution is -0.152. The highest BCUT2D eigenvalue weighted by atomic mass is 16.5. The second kappa shape index (κ2) is 6.69. The van der Waals surface area contributed by atoms with Gasteiger partial charge in [0.1, 0.15) is 11.8 Å². The lowest BCUT2D eigenvalue weighted by Crippen LogP contribution is -2.49. The zero-order valence-electron chi connectivity index (χ0n) is 12.8. The number of benzene rings is 2. The molecule has 0 aliphatic carbocycles. The van der Waals surface area contributed by atoms with Gasteiger partial charge in [-0.25, -0.2) is 4.79 Å². The Balaban J connectivity index is 1.66. The Morgan fingerprint density at radius 3 is 2.70 bits per heavy atom. The fourth-order valence-corrected chi connectivity index (χ4v) is 2.97. The van der Waals surface area contributed by atoms with Gasteiger partial charge in [-0.2, -0.15) is 0 Å². The fraction of sp³-hybridized carbons (Fsp3) is 0.333. The number of carbonyl (C=O) groups excluding carboxylic acids is 1. The van der Waals surface area contributed by atoms with E-state index in [1.807, 2.05) is 42.5 Å². The van der Waals surface area contributed by atoms with E-state index in [1.165, 1.54) is 4.90 Å². The molecular formula is C18H19NO4. The summed E-state index contributed by atoms with van der Waals surface area (Å²) >= 11 is 0. The van der Waals surface area contributed by atoms with E-state index in [2.05, 4.69) is 0 Å². The number of amides is 1. The molecule has 1 unspecified atom stereocenters. The van der Waals surface area contributed by atoms with Crippen LogP contribution in [0.2, 0.25) is 0 Å². The first kappa shape index (κ1) is 15.3. The number of piperidine rings is 1. The van der Waals surface area contributed by atoms with Crippen LogP contribution in [0.15, 0.2) is 42.5 Å². The Hall–Kier alpha value is -2.56. The number of nitrogens with zero attached hydrogens (tertiary/aromatic N) is 1. The molecule has 1 fully saturated rings. The normalized spacial score (nSPS) is 17.9. The number of rotatable bonds is 4. The van der Waals surface area contributed by atoms with Crippen LogP contribution in [0, 0.1) is 0 Å². The monoisotopic (exact) mass is 313 g/mol. The summed E-state index contributed by atoms with van der Waals surface area (Å²) in [5.41, 5.74) is 0. The largest absolute Gasteiger partial charge is 0.484 e. The second-order valence-corrected chi connectivity index (χ2v) is 5.73. The molecule has 1 heterocycles. The molecule has 0 aromatic heterocycles. The van der Waals surface area contributed by atoms with Crippen molar-refractivity contribution in [2.24, 2.45) is 0 Å². The molecule has 5 nitrogen and oxygen atoms in total. The van der Waals surface area contributed by atoms with Gasteiger partial charge in [0.2, 0.25) is 0 Å². The third kappa shape index (κ3) is 3.44. The molecule has 1 aliphatic rings. The van der Waals surface area contributed by atoms with Crippen molar-refractivity contribution < 1.29 is 19.4 Å². The van der Waals surface area contributed by atoms with Crippen LogP contribution in [0.5, 0.6) is 5.75 Å². The number of carboxylic acid groups (broad SMARTS) is 1. The fourth-order valence-electron chi connectivity index (χ4n) is 2.97. The molecule has 0 saturated carbocycles. The highest BCUT2D eigenvalue weighted by Gasteiger charge is 2.31. The quantitative estimate of drug-likeness (QED) is 0.942. The molecule has 2 aromatic rings. The predicted octanol–water partition coefficient (Wildman–Crippen LogP) is 2.68. The van der Waals surface area contributed by atoms with E-state index in [9.17, 15) is 14.7 Å². The Kier molecular flexibility index (Phi) is 4.46. The molecule has 0 bridgehead atoms. The summed E-state index contributed by atoms with van der Waals surface area (Å²) in [6.07, 6.45) is 2.19. The molecule has 1 atom stereocenters. The van der Waals surface area contributed by atoms with Crippen LogP contribution in [-0.2, 0) is 9.59 Å². The van der Waals surface area contributed by atoms with Gasteiger partial charge in [0, 0.05) is 6.54 Å². The Labute approximate surface area is 134 Å². The van der Waals surface area contributed by atoms with E-state index in [0.29, 0.717) is 18.7 Å². The Morgan fingerprint density at radius 2 is 1.91 bits per heavy atom. The number of hydrogen-bond donors (Lipinski definition) is 1. The summed E-state index contributed by atoms with van der Waals surface area (Å²) in [5.74, 6) is -0.602. The van der Waals surface area contributed by atoms with Crippen LogP contribution >= 0.6 is 0 Å². The van der Waals surface area contributed by atoms with E-state index in [-0.39, 0.29) is 12.5 Å². The minimum Gasteiger partial charge on any atom is -0.484 e. The molecular weight excluding hydrogens is 294 g/mol. The number of aliphatic carboxylic acids is 1. The van der Waals surface area contributed by atoms with Crippen molar-refractivity contribution in [3.05, 3.63) is 42.5 Å². The maximum absolute atomic E-state index is 12.3. The number of carbonyl (C=O) groups is 2. The van der Waals surface area contributed by atoms with Crippen LogP contribution < -0.4 is 4.74 Å². The number of fused-ring (bicyclic) bond motifs is 1. The van der Waals surface area contributed by atoms with Gasteiger partial charge in [-0.3, -0.25) is 4.79 Å². The molecule has 1 saturated heterocycles. The maximum atomic E-state index is 12.3. The molecule has 1 N–H and O–H groups in total. The van der Waals surface area contributed by atoms with Crippen LogP contribution in [0.25, 0.3) is 10.8 Å². The van der Waals surface area contributed by atoms with Crippen molar-refractivity contribution in [1.82, 2.24) is 4.90 Å². The van der Waals surface area contributed by atoms with Crippen molar-refractivity contribution in [2.45, 2.75) is 25.3 Å². The molecule has 5 heteroatoms. The maximum Gasteiger partial charge on any atom is 0.326 e. The van der Waals surface area contributed by atoms with Gasteiger partial charge < -0.3 is 14.7 Å². The Bertz CT molecular complexity index is 728. The first-order chi connectivity index (χ1) is 11.1. The van der Waals surface area contributed by atoms with Crippen molar-refractivity contribution in [1.29, 1.82) is 0 Å². The van der Waals surface area contributed by atoms with E-state index in [4.69, 9.17) is 4.74 Å². The van der Waals surface area contributed by atoms with Crippen molar-refractivity contribution in [2.75, 3.05) is 13.2 Å². The SMILES string of the molecule is O=C(O)C1CCCCN1C(=O)COc1ccc2ccccc2c1. The van der Waals surface area contributed by atoms with Gasteiger partial charge >= 0.3 is 5.97 Å². The van der Waals surface area contributed by atoms with Crippen molar-refractivity contribution in [3.63, 3.8) is 0 Å². The van der Waals surface area contributed by atoms with E-state index >= 15 is 0 Å². The van der Waals surface area contributed by atoms with Crippen molar-refractivity contribution >= 4 is 22.6 Å². The molecule has 2 aromatic carbocycles. The summed E-state index contributed by atoms with van der Waals surface area (Å²) in [6, 6.07) is 12.8. The van der Waals surface area contributed by atoms with Crippen LogP contribution in [0.3, 0.4) is 0 Å². The van der Waals surface area contributed by atoms with E-state index in [0.717, 1.165) is 23.6 Å². The summed E-state index contributed by atoms with van der Waals surface area (Å²) in [4.78, 5) is 25.0. The second-order valence-electron chi connectivity index (χ2n) is 5.73. The van der Waals surface area contributed by atoms with Crippen LogP contribution in [0.1, 0.15) is 19.3 Å². The number of likely N-dealkylation sites (tertiary alicyclic amines) is 1. The Morgan fingerprint density at radius 1 is 1.13 bits per heavy atom. The van der Waals surface area contributed by atoms with Crippen molar-refractivity contribution in [3.8, 4) is 5.75 Å². The number of carboxylic acids is 1. The third-order valence-electron chi connectivity index (χ3n) is 4.19. The first-order valence-electron chi connectivity index (χ1n) is 7.79. The highest BCUT2D eigenvalue weighted by Crippen LogP contribution is 2.21. The smallest absolute Gasteiger partial charge is 0.326 e. The molecule has 120 valence electrons. The molecule has 23 heavy (non-hydrogen) atoms. The van der Waals surface area contributed by atoms with E-state index < -0.39 is 12.0 Å². The van der Waals surface area contributed by atoms with Gasteiger partial charge in [-0.1, -0.05) is 30.3 Å². The third-order valence-corrected chi connectivity index (χ3v) is 4.19. The number of ether oxygens (including phenoxy) is 1. The topological polar surface area (TPSA) is 66.8 Å². The highest BCUT2D eigenvalue weighted by molar-refractivity contribution is 5.85. The molecule has 1 amide bonds. The zero-order chi connectivity index (χ0) is 16.2. The summed E-state index contributed by atoms with van der Waals surface area (Å²) in [6.45, 7) is 0.346. The van der Waals surface area contributed by atoms with E-state index in [1.54, 1.807) is 0 Å². The van der Waals surface area contributed by atoms with Gasteiger partial charge in [0.25, 0.3) is 5.91 Å². The van der Waals surface area contributed by atoms with Gasteiger partial charge in [-0.15, -0.1) is 0 Å². The average Bonchev–Trinajstić information content (AvgIpc) is 2.59. The minimum absolute atomic E-state index is 0.137. The average molecular weight is 313 g/mol. The van der Waals surface area contributed by atoms with Crippen LogP contribution in [0.4, 0.5) is 0 Å². The number of hydrogen-bond acceptors (Lipinski definition) is 3. The van der Waals surface area contributed by atoms with Gasteiger partial charge in [0.05, 0.1) is 0 Å². The first-order valence-corrected chi connectivity index (χ1v) is 7.79. The lowest BCUT2D eigenvalue weighted by Gasteiger charge is -2.32. The summed E-state index contributed by atoms with van der Waals surface area (Å²) < 4.78 is 5.57. The lowest BCUT2D eigenvalue weighted by atomic mass is 10.0. The zero-order valence-corrected chi connectivity index (χ0v) is 12.8. The molecule has 1 aliphatic heterocycles. The van der Waals surface area contributed by atoms with Crippen LogP contribution in [-0.4, -0.2) is 41.1 Å². The minimum atomic E-state index is -0.941. The summed E-state index contributed by atoms with van der Waals surface area (Å²) in [7, 11) is 0. The van der Waals surface area contributed by atoms with Gasteiger partial charge in [-0.05, 0) is 42.2 Å².